The molecule has 10 heavy (non-hydrogen) atoms. The lowest BCUT2D eigenvalue weighted by molar-refractivity contribution is 0.138. The van der Waals surface area contributed by atoms with Crippen LogP contribution in [0, 0.1) is 5.92 Å². The second-order valence-electron chi connectivity index (χ2n) is 3.04. The smallest absolute Gasteiger partial charge is 0.0637 e. The van der Waals surface area contributed by atoms with E-state index in [-0.39, 0.29) is 6.10 Å². The first-order valence-corrected chi connectivity index (χ1v) is 4.19. The molecule has 0 saturated heterocycles. The van der Waals surface area contributed by atoms with E-state index in [0.29, 0.717) is 5.92 Å². The fraction of sp³-hybridized carbons (Fsp3) is 0.778. The lowest BCUT2D eigenvalue weighted by atomic mass is 10.00. The molecule has 1 aliphatic rings. The van der Waals surface area contributed by atoms with E-state index < -0.39 is 0 Å². The molecule has 0 heterocycles. The van der Waals surface area contributed by atoms with Crippen LogP contribution in [-0.4, -0.2) is 11.2 Å². The summed E-state index contributed by atoms with van der Waals surface area (Å²) in [7, 11) is 0. The van der Waals surface area contributed by atoms with Crippen LogP contribution in [0.15, 0.2) is 12.2 Å². The Morgan fingerprint density at radius 2 is 2.40 bits per heavy atom. The highest BCUT2D eigenvalue weighted by atomic mass is 16.3. The summed E-state index contributed by atoms with van der Waals surface area (Å²) in [6, 6.07) is 0. The summed E-state index contributed by atoms with van der Waals surface area (Å²) in [6.45, 7) is 2.19. The second-order valence-corrected chi connectivity index (χ2v) is 3.04. The van der Waals surface area contributed by atoms with Crippen molar-refractivity contribution in [1.82, 2.24) is 0 Å². The van der Waals surface area contributed by atoms with Crippen molar-refractivity contribution in [2.75, 3.05) is 0 Å². The van der Waals surface area contributed by atoms with Gasteiger partial charge >= 0.3 is 0 Å². The molecule has 0 aromatic carbocycles. The quantitative estimate of drug-likeness (QED) is 0.595. The van der Waals surface area contributed by atoms with E-state index in [4.69, 9.17) is 0 Å². The van der Waals surface area contributed by atoms with Gasteiger partial charge in [0.15, 0.2) is 0 Å². The molecule has 0 saturated carbocycles. The van der Waals surface area contributed by atoms with E-state index in [1.807, 2.05) is 0 Å². The minimum Gasteiger partial charge on any atom is -0.392 e. The van der Waals surface area contributed by atoms with Crippen molar-refractivity contribution in [3.05, 3.63) is 12.2 Å². The van der Waals surface area contributed by atoms with Gasteiger partial charge in [-0.05, 0) is 12.8 Å². The number of aliphatic hydroxyl groups excluding tert-OH is 1. The average molecular weight is 140 g/mol. The standard InChI is InChI=1S/C9H16O/c1-2-3-5-8-6-4-7-9(8)10/h4,6,8-10H,2-3,5,7H2,1H3/t8-,9+/m0/s1. The maximum absolute atomic E-state index is 9.35. The Hall–Kier alpha value is -0.300. The van der Waals surface area contributed by atoms with Crippen molar-refractivity contribution in [2.24, 2.45) is 5.92 Å². The number of hydrogen-bond acceptors (Lipinski definition) is 1. The summed E-state index contributed by atoms with van der Waals surface area (Å²) in [5.74, 6) is 0.458. The molecule has 1 nitrogen and oxygen atoms in total. The molecule has 2 atom stereocenters. The Kier molecular flexibility index (Phi) is 2.94. The molecule has 1 N–H and O–H groups in total. The van der Waals surface area contributed by atoms with Gasteiger partial charge in [-0.3, -0.25) is 0 Å². The van der Waals surface area contributed by atoms with E-state index in [2.05, 4.69) is 19.1 Å². The van der Waals surface area contributed by atoms with Crippen LogP contribution >= 0.6 is 0 Å². The van der Waals surface area contributed by atoms with Gasteiger partial charge in [0.25, 0.3) is 0 Å². The summed E-state index contributed by atoms with van der Waals surface area (Å²) >= 11 is 0. The third kappa shape index (κ3) is 1.84. The second kappa shape index (κ2) is 3.77. The minimum atomic E-state index is -0.0773. The van der Waals surface area contributed by atoms with Crippen LogP contribution in [0.2, 0.25) is 0 Å². The van der Waals surface area contributed by atoms with Gasteiger partial charge in [0.1, 0.15) is 0 Å². The van der Waals surface area contributed by atoms with E-state index in [1.54, 1.807) is 0 Å². The van der Waals surface area contributed by atoms with Gasteiger partial charge in [0.05, 0.1) is 6.10 Å². The Bertz CT molecular complexity index is 118. The topological polar surface area (TPSA) is 20.2 Å². The largest absolute Gasteiger partial charge is 0.392 e. The summed E-state index contributed by atoms with van der Waals surface area (Å²) in [5, 5.41) is 9.35. The first kappa shape index (κ1) is 7.80. The molecule has 0 aliphatic heterocycles. The molecule has 0 aromatic rings. The van der Waals surface area contributed by atoms with E-state index in [1.165, 1.54) is 12.8 Å². The summed E-state index contributed by atoms with van der Waals surface area (Å²) in [4.78, 5) is 0. The Labute approximate surface area is 62.8 Å². The summed E-state index contributed by atoms with van der Waals surface area (Å²) in [6.07, 6.45) is 8.67. The molecule has 0 fully saturated rings. The average Bonchev–Trinajstić information content (AvgIpc) is 2.31. The summed E-state index contributed by atoms with van der Waals surface area (Å²) < 4.78 is 0. The van der Waals surface area contributed by atoms with E-state index in [9.17, 15) is 5.11 Å². The molecule has 1 rings (SSSR count). The first-order valence-electron chi connectivity index (χ1n) is 4.19. The molecule has 0 aromatic heterocycles. The highest BCUT2D eigenvalue weighted by molar-refractivity contribution is 5.01. The fourth-order valence-corrected chi connectivity index (χ4v) is 1.42. The number of aliphatic hydroxyl groups is 1. The molecule has 1 aliphatic carbocycles. The monoisotopic (exact) mass is 140 g/mol. The number of hydrogen-bond donors (Lipinski definition) is 1. The van der Waals surface area contributed by atoms with Crippen molar-refractivity contribution >= 4 is 0 Å². The summed E-state index contributed by atoms with van der Waals surface area (Å²) in [5.41, 5.74) is 0. The number of rotatable bonds is 3. The molecule has 0 radical (unpaired) electrons. The van der Waals surface area contributed by atoms with Crippen molar-refractivity contribution < 1.29 is 5.11 Å². The predicted molar refractivity (Wildman–Crippen MR) is 42.8 cm³/mol. The lowest BCUT2D eigenvalue weighted by Gasteiger charge is -2.11. The molecule has 0 spiro atoms. The van der Waals surface area contributed by atoms with E-state index >= 15 is 0 Å². The van der Waals surface area contributed by atoms with Crippen LogP contribution in [0.1, 0.15) is 32.6 Å². The minimum absolute atomic E-state index is 0.0773. The van der Waals surface area contributed by atoms with Gasteiger partial charge in [0, 0.05) is 5.92 Å². The molecule has 0 unspecified atom stereocenters. The SMILES string of the molecule is CCCC[C@H]1C=CC[C@H]1O. The van der Waals surface area contributed by atoms with Gasteiger partial charge in [-0.2, -0.15) is 0 Å². The van der Waals surface area contributed by atoms with E-state index in [0.717, 1.165) is 12.8 Å². The van der Waals surface area contributed by atoms with Crippen LogP contribution < -0.4 is 0 Å². The third-order valence-corrected chi connectivity index (χ3v) is 2.15. The zero-order valence-corrected chi connectivity index (χ0v) is 6.59. The first-order chi connectivity index (χ1) is 4.84. The lowest BCUT2D eigenvalue weighted by Crippen LogP contribution is -2.12. The molecule has 1 heteroatoms. The van der Waals surface area contributed by atoms with Crippen LogP contribution in [0.4, 0.5) is 0 Å². The van der Waals surface area contributed by atoms with Crippen molar-refractivity contribution in [1.29, 1.82) is 0 Å². The molecular weight excluding hydrogens is 124 g/mol. The van der Waals surface area contributed by atoms with Crippen molar-refractivity contribution in [3.63, 3.8) is 0 Å². The van der Waals surface area contributed by atoms with Gasteiger partial charge in [-0.15, -0.1) is 0 Å². The third-order valence-electron chi connectivity index (χ3n) is 2.15. The zero-order chi connectivity index (χ0) is 7.40. The molecule has 0 amide bonds. The molecule has 0 bridgehead atoms. The van der Waals surface area contributed by atoms with Crippen LogP contribution in [0.5, 0.6) is 0 Å². The van der Waals surface area contributed by atoms with Gasteiger partial charge in [-0.25, -0.2) is 0 Å². The Morgan fingerprint density at radius 1 is 1.60 bits per heavy atom. The predicted octanol–water partition coefficient (Wildman–Crippen LogP) is 2.11. The highest BCUT2D eigenvalue weighted by Crippen LogP contribution is 2.22. The highest BCUT2D eigenvalue weighted by Gasteiger charge is 2.18. The van der Waals surface area contributed by atoms with Crippen LogP contribution in [-0.2, 0) is 0 Å². The Balaban J connectivity index is 2.20. The molecular formula is C9H16O. The maximum atomic E-state index is 9.35. The normalized spacial score (nSPS) is 31.4. The zero-order valence-electron chi connectivity index (χ0n) is 6.59. The van der Waals surface area contributed by atoms with Crippen LogP contribution in [0.25, 0.3) is 0 Å². The fourth-order valence-electron chi connectivity index (χ4n) is 1.42. The van der Waals surface area contributed by atoms with Crippen LogP contribution in [0.3, 0.4) is 0 Å². The number of unbranched alkanes of at least 4 members (excludes halogenated alkanes) is 1. The maximum Gasteiger partial charge on any atom is 0.0637 e. The molecule has 58 valence electrons. The van der Waals surface area contributed by atoms with Crippen molar-refractivity contribution in [2.45, 2.75) is 38.7 Å². The van der Waals surface area contributed by atoms with Gasteiger partial charge in [0.2, 0.25) is 0 Å². The van der Waals surface area contributed by atoms with Gasteiger partial charge < -0.3 is 5.11 Å². The van der Waals surface area contributed by atoms with Crippen molar-refractivity contribution in [3.8, 4) is 0 Å². The Morgan fingerprint density at radius 3 is 2.90 bits per heavy atom. The van der Waals surface area contributed by atoms with Gasteiger partial charge in [-0.1, -0.05) is 31.9 Å².